The Kier molecular flexibility index (Phi) is 3.21. The molecule has 1 aromatic rings. The van der Waals surface area contributed by atoms with Crippen LogP contribution in [0.3, 0.4) is 0 Å². The third-order valence-corrected chi connectivity index (χ3v) is 4.61. The van der Waals surface area contributed by atoms with Crippen molar-refractivity contribution in [2.24, 2.45) is 5.92 Å². The van der Waals surface area contributed by atoms with Crippen LogP contribution in [-0.2, 0) is 6.54 Å². The fourth-order valence-electron chi connectivity index (χ4n) is 3.58. The first-order valence-corrected chi connectivity index (χ1v) is 6.88. The fourth-order valence-corrected chi connectivity index (χ4v) is 3.58. The molecule has 0 aromatic carbocycles. The van der Waals surface area contributed by atoms with Crippen molar-refractivity contribution in [2.75, 3.05) is 13.6 Å². The van der Waals surface area contributed by atoms with E-state index in [0.29, 0.717) is 0 Å². The van der Waals surface area contributed by atoms with Crippen LogP contribution in [0.25, 0.3) is 0 Å². The number of hydrogen-bond acceptors (Lipinski definition) is 2. The SMILES string of the molecule is CN1C2CCC1CC(CNCc1ccc[nH]1)C2. The van der Waals surface area contributed by atoms with Gasteiger partial charge in [0.15, 0.2) is 0 Å². The predicted molar refractivity (Wildman–Crippen MR) is 69.8 cm³/mol. The average molecular weight is 233 g/mol. The van der Waals surface area contributed by atoms with Crippen molar-refractivity contribution in [1.82, 2.24) is 15.2 Å². The molecule has 0 radical (unpaired) electrons. The zero-order chi connectivity index (χ0) is 11.7. The maximum Gasteiger partial charge on any atom is 0.0357 e. The molecular weight excluding hydrogens is 210 g/mol. The molecule has 2 unspecified atom stereocenters. The van der Waals surface area contributed by atoms with E-state index in [0.717, 1.165) is 24.5 Å². The number of fused-ring (bicyclic) bond motifs is 2. The summed E-state index contributed by atoms with van der Waals surface area (Å²) in [6, 6.07) is 5.94. The van der Waals surface area contributed by atoms with Gasteiger partial charge < -0.3 is 15.2 Å². The first kappa shape index (κ1) is 11.3. The number of nitrogens with zero attached hydrogens (tertiary/aromatic N) is 1. The number of nitrogens with one attached hydrogen (secondary N) is 2. The molecule has 2 bridgehead atoms. The molecule has 0 spiro atoms. The summed E-state index contributed by atoms with van der Waals surface area (Å²) >= 11 is 0. The normalized spacial score (nSPS) is 33.1. The standard InChI is InChI=1S/C14H23N3/c1-17-13-4-5-14(17)8-11(7-13)9-15-10-12-3-2-6-16-12/h2-3,6,11,13-16H,4-5,7-10H2,1H3. The summed E-state index contributed by atoms with van der Waals surface area (Å²) in [6.45, 7) is 2.16. The average Bonchev–Trinajstić information content (AvgIpc) is 2.87. The second-order valence-corrected chi connectivity index (χ2v) is 5.71. The molecule has 0 amide bonds. The van der Waals surface area contributed by atoms with E-state index < -0.39 is 0 Å². The van der Waals surface area contributed by atoms with Crippen LogP contribution in [0.2, 0.25) is 0 Å². The van der Waals surface area contributed by atoms with Crippen molar-refractivity contribution >= 4 is 0 Å². The molecule has 2 N–H and O–H groups in total. The quantitative estimate of drug-likeness (QED) is 0.833. The van der Waals surface area contributed by atoms with E-state index in [9.17, 15) is 0 Å². The monoisotopic (exact) mass is 233 g/mol. The van der Waals surface area contributed by atoms with E-state index in [2.05, 4.69) is 34.4 Å². The van der Waals surface area contributed by atoms with Crippen LogP contribution >= 0.6 is 0 Å². The third-order valence-electron chi connectivity index (χ3n) is 4.61. The summed E-state index contributed by atoms with van der Waals surface area (Å²) in [5.41, 5.74) is 1.29. The Balaban J connectivity index is 1.44. The van der Waals surface area contributed by atoms with Gasteiger partial charge in [-0.05, 0) is 57.3 Å². The molecule has 2 aliphatic heterocycles. The minimum Gasteiger partial charge on any atom is -0.364 e. The molecular formula is C14H23N3. The Morgan fingerprint density at radius 3 is 2.76 bits per heavy atom. The Morgan fingerprint density at radius 2 is 2.12 bits per heavy atom. The van der Waals surface area contributed by atoms with Gasteiger partial charge in [0.25, 0.3) is 0 Å². The van der Waals surface area contributed by atoms with Crippen molar-refractivity contribution in [3.63, 3.8) is 0 Å². The Labute approximate surface area is 104 Å². The molecule has 2 aliphatic rings. The summed E-state index contributed by atoms with van der Waals surface area (Å²) < 4.78 is 0. The minimum atomic E-state index is 0.867. The molecule has 1 aromatic heterocycles. The van der Waals surface area contributed by atoms with Crippen LogP contribution in [-0.4, -0.2) is 35.6 Å². The molecule has 3 nitrogen and oxygen atoms in total. The topological polar surface area (TPSA) is 31.1 Å². The van der Waals surface area contributed by atoms with Crippen molar-refractivity contribution in [3.8, 4) is 0 Å². The van der Waals surface area contributed by atoms with E-state index in [1.54, 1.807) is 0 Å². The Morgan fingerprint density at radius 1 is 1.35 bits per heavy atom. The molecule has 3 heterocycles. The van der Waals surface area contributed by atoms with Gasteiger partial charge in [-0.3, -0.25) is 0 Å². The lowest BCUT2D eigenvalue weighted by Crippen LogP contribution is -2.42. The molecule has 2 saturated heterocycles. The van der Waals surface area contributed by atoms with Crippen LogP contribution in [0.15, 0.2) is 18.3 Å². The maximum atomic E-state index is 3.59. The molecule has 2 fully saturated rings. The van der Waals surface area contributed by atoms with E-state index in [1.807, 2.05) is 6.20 Å². The van der Waals surface area contributed by atoms with Gasteiger partial charge in [0, 0.05) is 30.5 Å². The maximum absolute atomic E-state index is 3.59. The zero-order valence-corrected chi connectivity index (χ0v) is 10.7. The smallest absolute Gasteiger partial charge is 0.0357 e. The summed E-state index contributed by atoms with van der Waals surface area (Å²) in [6.07, 6.45) is 7.63. The molecule has 94 valence electrons. The third kappa shape index (κ3) is 2.40. The number of piperidine rings is 1. The molecule has 3 rings (SSSR count). The molecule has 2 atom stereocenters. The molecule has 17 heavy (non-hydrogen) atoms. The van der Waals surface area contributed by atoms with Crippen LogP contribution in [0.1, 0.15) is 31.4 Å². The minimum absolute atomic E-state index is 0.867. The summed E-state index contributed by atoms with van der Waals surface area (Å²) in [5, 5.41) is 3.59. The highest BCUT2D eigenvalue weighted by Crippen LogP contribution is 2.36. The Bertz CT molecular complexity index is 332. The van der Waals surface area contributed by atoms with Gasteiger partial charge in [-0.1, -0.05) is 0 Å². The van der Waals surface area contributed by atoms with Crippen molar-refractivity contribution in [1.29, 1.82) is 0 Å². The van der Waals surface area contributed by atoms with Crippen molar-refractivity contribution in [3.05, 3.63) is 24.0 Å². The van der Waals surface area contributed by atoms with E-state index in [-0.39, 0.29) is 0 Å². The summed E-state index contributed by atoms with van der Waals surface area (Å²) in [4.78, 5) is 5.85. The molecule has 0 aliphatic carbocycles. The second-order valence-electron chi connectivity index (χ2n) is 5.71. The van der Waals surface area contributed by atoms with Gasteiger partial charge in [-0.2, -0.15) is 0 Å². The van der Waals surface area contributed by atoms with Gasteiger partial charge in [0.2, 0.25) is 0 Å². The summed E-state index contributed by atoms with van der Waals surface area (Å²) in [5.74, 6) is 0.888. The van der Waals surface area contributed by atoms with Gasteiger partial charge >= 0.3 is 0 Å². The number of H-pyrrole nitrogens is 1. The number of aromatic nitrogens is 1. The lowest BCUT2D eigenvalue weighted by molar-refractivity contribution is 0.133. The van der Waals surface area contributed by atoms with Crippen molar-refractivity contribution in [2.45, 2.75) is 44.3 Å². The number of aromatic amines is 1. The molecule has 0 saturated carbocycles. The second kappa shape index (κ2) is 4.83. The van der Waals surface area contributed by atoms with Crippen LogP contribution in [0.5, 0.6) is 0 Å². The predicted octanol–water partition coefficient (Wildman–Crippen LogP) is 1.98. The van der Waals surface area contributed by atoms with Crippen LogP contribution in [0.4, 0.5) is 0 Å². The highest BCUT2D eigenvalue weighted by atomic mass is 15.2. The van der Waals surface area contributed by atoms with Gasteiger partial charge in [-0.15, -0.1) is 0 Å². The van der Waals surface area contributed by atoms with Crippen LogP contribution in [0, 0.1) is 5.92 Å². The van der Waals surface area contributed by atoms with E-state index in [1.165, 1.54) is 37.9 Å². The zero-order valence-electron chi connectivity index (χ0n) is 10.7. The largest absolute Gasteiger partial charge is 0.364 e. The number of rotatable bonds is 4. The van der Waals surface area contributed by atoms with E-state index >= 15 is 0 Å². The first-order valence-electron chi connectivity index (χ1n) is 6.88. The van der Waals surface area contributed by atoms with Crippen molar-refractivity contribution < 1.29 is 0 Å². The molecule has 3 heteroatoms. The van der Waals surface area contributed by atoms with Crippen LogP contribution < -0.4 is 5.32 Å². The lowest BCUT2D eigenvalue weighted by Gasteiger charge is -2.36. The summed E-state index contributed by atoms with van der Waals surface area (Å²) in [7, 11) is 2.31. The highest BCUT2D eigenvalue weighted by Gasteiger charge is 2.37. The number of hydrogen-bond donors (Lipinski definition) is 2. The first-order chi connectivity index (χ1) is 8.33. The fraction of sp³-hybridized carbons (Fsp3) is 0.714. The van der Waals surface area contributed by atoms with Gasteiger partial charge in [0.1, 0.15) is 0 Å². The highest BCUT2D eigenvalue weighted by molar-refractivity contribution is 5.03. The van der Waals surface area contributed by atoms with Gasteiger partial charge in [-0.25, -0.2) is 0 Å². The lowest BCUT2D eigenvalue weighted by atomic mass is 9.91. The van der Waals surface area contributed by atoms with Gasteiger partial charge in [0.05, 0.1) is 0 Å². The Hall–Kier alpha value is -0.800. The van der Waals surface area contributed by atoms with E-state index in [4.69, 9.17) is 0 Å².